The number of hydrogen-bond acceptors (Lipinski definition) is 4. The lowest BCUT2D eigenvalue weighted by molar-refractivity contribution is -0.160. The minimum absolute atomic E-state index is 0.231. The first-order valence-corrected chi connectivity index (χ1v) is 6.18. The summed E-state index contributed by atoms with van der Waals surface area (Å²) in [6, 6.07) is 6.14. The molecule has 1 aliphatic rings. The predicted octanol–water partition coefficient (Wildman–Crippen LogP) is 1.96. The Kier molecular flexibility index (Phi) is 3.83. The Labute approximate surface area is 110 Å². The second kappa shape index (κ2) is 5.38. The van der Waals surface area contributed by atoms with Crippen molar-refractivity contribution in [3.05, 3.63) is 35.6 Å². The Hall–Kier alpha value is -1.91. The minimum Gasteiger partial charge on any atom is -0.463 e. The first kappa shape index (κ1) is 13.5. The summed E-state index contributed by atoms with van der Waals surface area (Å²) in [5.74, 6) is -1.58. The Balaban J connectivity index is 2.03. The fourth-order valence-corrected chi connectivity index (χ4v) is 2.02. The molecule has 2 rings (SSSR count). The van der Waals surface area contributed by atoms with Gasteiger partial charge in [0.1, 0.15) is 5.82 Å². The van der Waals surface area contributed by atoms with Crippen LogP contribution in [-0.2, 0) is 24.5 Å². The van der Waals surface area contributed by atoms with E-state index in [1.54, 1.807) is 25.1 Å². The van der Waals surface area contributed by atoms with Crippen LogP contribution in [-0.4, -0.2) is 25.2 Å². The van der Waals surface area contributed by atoms with Crippen molar-refractivity contribution in [3.63, 3.8) is 0 Å². The molecule has 0 aliphatic heterocycles. The summed E-state index contributed by atoms with van der Waals surface area (Å²) < 4.78 is 23.3. The van der Waals surface area contributed by atoms with Crippen molar-refractivity contribution in [2.75, 3.05) is 13.2 Å². The first-order chi connectivity index (χ1) is 9.10. The van der Waals surface area contributed by atoms with Crippen molar-refractivity contribution in [2.45, 2.75) is 25.2 Å². The summed E-state index contributed by atoms with van der Waals surface area (Å²) in [6.07, 6.45) is 1.07. The van der Waals surface area contributed by atoms with Crippen molar-refractivity contribution >= 4 is 11.9 Å². The van der Waals surface area contributed by atoms with Gasteiger partial charge in [-0.2, -0.15) is 0 Å². The van der Waals surface area contributed by atoms with E-state index in [1.807, 2.05) is 0 Å². The van der Waals surface area contributed by atoms with Gasteiger partial charge in [0.2, 0.25) is 0 Å². The maximum atomic E-state index is 13.7. The summed E-state index contributed by atoms with van der Waals surface area (Å²) in [5.41, 5.74) is -0.582. The van der Waals surface area contributed by atoms with Crippen LogP contribution in [0.5, 0.6) is 0 Å². The number of carbonyl (C=O) groups excluding carboxylic acids is 2. The summed E-state index contributed by atoms with van der Waals surface area (Å²) in [6.45, 7) is 1.47. The SMILES string of the molecule is CCOC(=O)COC(=O)C1(c2ccccc2F)CC1. The van der Waals surface area contributed by atoms with Gasteiger partial charge in [0, 0.05) is 5.56 Å². The Morgan fingerprint density at radius 1 is 1.26 bits per heavy atom. The minimum atomic E-state index is -0.919. The fourth-order valence-electron chi connectivity index (χ4n) is 2.02. The molecule has 0 N–H and O–H groups in total. The highest BCUT2D eigenvalue weighted by molar-refractivity contribution is 5.88. The van der Waals surface area contributed by atoms with Crippen LogP contribution in [0.15, 0.2) is 24.3 Å². The maximum Gasteiger partial charge on any atom is 0.344 e. The van der Waals surface area contributed by atoms with Crippen molar-refractivity contribution in [3.8, 4) is 0 Å². The molecule has 1 aliphatic carbocycles. The molecule has 1 aromatic rings. The molecular formula is C14H15FO4. The van der Waals surface area contributed by atoms with Gasteiger partial charge < -0.3 is 9.47 Å². The van der Waals surface area contributed by atoms with Crippen molar-refractivity contribution < 1.29 is 23.5 Å². The average molecular weight is 266 g/mol. The van der Waals surface area contributed by atoms with Crippen LogP contribution in [0.1, 0.15) is 25.3 Å². The molecule has 0 heterocycles. The number of benzene rings is 1. The van der Waals surface area contributed by atoms with Gasteiger partial charge in [-0.15, -0.1) is 0 Å². The summed E-state index contributed by atoms with van der Waals surface area (Å²) in [7, 11) is 0. The molecule has 0 aromatic heterocycles. The molecule has 0 atom stereocenters. The van der Waals surface area contributed by atoms with Gasteiger partial charge in [0.05, 0.1) is 12.0 Å². The van der Waals surface area contributed by atoms with Crippen LogP contribution in [0, 0.1) is 5.82 Å². The van der Waals surface area contributed by atoms with E-state index in [0.29, 0.717) is 18.4 Å². The lowest BCUT2D eigenvalue weighted by Gasteiger charge is -2.15. The van der Waals surface area contributed by atoms with E-state index in [0.717, 1.165) is 0 Å². The maximum absolute atomic E-state index is 13.7. The summed E-state index contributed by atoms with van der Waals surface area (Å²) >= 11 is 0. The van der Waals surface area contributed by atoms with Gasteiger partial charge in [-0.3, -0.25) is 4.79 Å². The van der Waals surface area contributed by atoms with Crippen LogP contribution in [0.2, 0.25) is 0 Å². The normalized spacial score (nSPS) is 15.7. The van der Waals surface area contributed by atoms with E-state index in [2.05, 4.69) is 4.74 Å². The van der Waals surface area contributed by atoms with Gasteiger partial charge in [-0.05, 0) is 25.8 Å². The number of rotatable bonds is 5. The van der Waals surface area contributed by atoms with Crippen molar-refractivity contribution in [1.29, 1.82) is 0 Å². The van der Waals surface area contributed by atoms with Gasteiger partial charge in [0.25, 0.3) is 0 Å². The molecule has 0 unspecified atom stereocenters. The standard InChI is InChI=1S/C14H15FO4/c1-2-18-12(16)9-19-13(17)14(7-8-14)10-5-3-4-6-11(10)15/h3-6H,2,7-9H2,1H3. The molecule has 0 radical (unpaired) electrons. The largest absolute Gasteiger partial charge is 0.463 e. The second-order valence-corrected chi connectivity index (χ2v) is 4.44. The summed E-state index contributed by atoms with van der Waals surface area (Å²) in [5, 5.41) is 0. The van der Waals surface area contributed by atoms with E-state index in [9.17, 15) is 14.0 Å². The van der Waals surface area contributed by atoms with E-state index in [1.165, 1.54) is 6.07 Å². The van der Waals surface area contributed by atoms with Crippen LogP contribution >= 0.6 is 0 Å². The van der Waals surface area contributed by atoms with Crippen molar-refractivity contribution in [1.82, 2.24) is 0 Å². The van der Waals surface area contributed by atoms with Crippen LogP contribution < -0.4 is 0 Å². The topological polar surface area (TPSA) is 52.6 Å². The Morgan fingerprint density at radius 2 is 1.95 bits per heavy atom. The quantitative estimate of drug-likeness (QED) is 0.764. The zero-order valence-corrected chi connectivity index (χ0v) is 10.6. The van der Waals surface area contributed by atoms with Gasteiger partial charge >= 0.3 is 11.9 Å². The van der Waals surface area contributed by atoms with Crippen LogP contribution in [0.25, 0.3) is 0 Å². The predicted molar refractivity (Wildman–Crippen MR) is 64.9 cm³/mol. The Bertz CT molecular complexity index is 494. The highest BCUT2D eigenvalue weighted by atomic mass is 19.1. The number of halogens is 1. The van der Waals surface area contributed by atoms with Crippen LogP contribution in [0.4, 0.5) is 4.39 Å². The fraction of sp³-hybridized carbons (Fsp3) is 0.429. The molecule has 1 fully saturated rings. The third-order valence-corrected chi connectivity index (χ3v) is 3.16. The highest BCUT2D eigenvalue weighted by Crippen LogP contribution is 2.49. The molecule has 102 valence electrons. The van der Waals surface area contributed by atoms with E-state index in [4.69, 9.17) is 4.74 Å². The number of ether oxygens (including phenoxy) is 2. The average Bonchev–Trinajstić information content (AvgIpc) is 3.18. The molecule has 5 heteroatoms. The monoisotopic (exact) mass is 266 g/mol. The molecule has 0 amide bonds. The molecule has 19 heavy (non-hydrogen) atoms. The Morgan fingerprint density at radius 3 is 2.53 bits per heavy atom. The molecule has 1 aromatic carbocycles. The lowest BCUT2D eigenvalue weighted by Crippen LogP contribution is -2.27. The van der Waals surface area contributed by atoms with E-state index >= 15 is 0 Å². The zero-order valence-electron chi connectivity index (χ0n) is 10.6. The van der Waals surface area contributed by atoms with Crippen LogP contribution in [0.3, 0.4) is 0 Å². The summed E-state index contributed by atoms with van der Waals surface area (Å²) in [4.78, 5) is 23.1. The molecule has 4 nitrogen and oxygen atoms in total. The third kappa shape index (κ3) is 2.75. The lowest BCUT2D eigenvalue weighted by atomic mass is 9.95. The van der Waals surface area contributed by atoms with Crippen molar-refractivity contribution in [2.24, 2.45) is 0 Å². The second-order valence-electron chi connectivity index (χ2n) is 4.44. The van der Waals surface area contributed by atoms with E-state index < -0.39 is 29.8 Å². The highest BCUT2D eigenvalue weighted by Gasteiger charge is 2.54. The van der Waals surface area contributed by atoms with Gasteiger partial charge in [-0.25, -0.2) is 9.18 Å². The molecule has 1 saturated carbocycles. The third-order valence-electron chi connectivity index (χ3n) is 3.16. The number of esters is 2. The molecule has 0 spiro atoms. The number of carbonyl (C=O) groups is 2. The zero-order chi connectivity index (χ0) is 13.9. The van der Waals surface area contributed by atoms with E-state index in [-0.39, 0.29) is 6.61 Å². The number of hydrogen-bond donors (Lipinski definition) is 0. The molecule has 0 bridgehead atoms. The van der Waals surface area contributed by atoms with Gasteiger partial charge in [0.15, 0.2) is 6.61 Å². The molecular weight excluding hydrogens is 251 g/mol. The smallest absolute Gasteiger partial charge is 0.344 e. The molecule has 0 saturated heterocycles. The first-order valence-electron chi connectivity index (χ1n) is 6.18. The van der Waals surface area contributed by atoms with Gasteiger partial charge in [-0.1, -0.05) is 18.2 Å².